The Morgan fingerprint density at radius 2 is 1.80 bits per heavy atom. The van der Waals surface area contributed by atoms with Gasteiger partial charge in [-0.25, -0.2) is 0 Å². The number of benzene rings is 2. The number of hydrogen-bond acceptors (Lipinski definition) is 2. The molecule has 0 heterocycles. The SMILES string of the molecule is CCCc1cc(I)c(OCc2ccccc2)c(OC)c1. The first-order chi connectivity index (χ1) is 9.74. The van der Waals surface area contributed by atoms with Gasteiger partial charge in [-0.1, -0.05) is 43.7 Å². The highest BCUT2D eigenvalue weighted by molar-refractivity contribution is 14.1. The van der Waals surface area contributed by atoms with Crippen molar-refractivity contribution in [3.63, 3.8) is 0 Å². The van der Waals surface area contributed by atoms with Crippen LogP contribution in [0.4, 0.5) is 0 Å². The summed E-state index contributed by atoms with van der Waals surface area (Å²) in [4.78, 5) is 0. The van der Waals surface area contributed by atoms with E-state index in [9.17, 15) is 0 Å². The third kappa shape index (κ3) is 3.88. The van der Waals surface area contributed by atoms with Gasteiger partial charge in [-0.15, -0.1) is 0 Å². The lowest BCUT2D eigenvalue weighted by Crippen LogP contribution is -2.00. The highest BCUT2D eigenvalue weighted by Gasteiger charge is 2.11. The highest BCUT2D eigenvalue weighted by atomic mass is 127. The Hall–Kier alpha value is -1.23. The van der Waals surface area contributed by atoms with Crippen LogP contribution in [0.1, 0.15) is 24.5 Å². The average molecular weight is 382 g/mol. The van der Waals surface area contributed by atoms with Gasteiger partial charge in [0.1, 0.15) is 6.61 Å². The molecule has 0 aromatic heterocycles. The lowest BCUT2D eigenvalue weighted by atomic mass is 10.1. The van der Waals surface area contributed by atoms with E-state index in [0.717, 1.165) is 33.5 Å². The maximum absolute atomic E-state index is 5.95. The topological polar surface area (TPSA) is 18.5 Å². The monoisotopic (exact) mass is 382 g/mol. The van der Waals surface area contributed by atoms with Gasteiger partial charge in [0.2, 0.25) is 0 Å². The van der Waals surface area contributed by atoms with Crippen molar-refractivity contribution in [3.8, 4) is 11.5 Å². The van der Waals surface area contributed by atoms with Crippen molar-refractivity contribution < 1.29 is 9.47 Å². The summed E-state index contributed by atoms with van der Waals surface area (Å²) < 4.78 is 12.5. The average Bonchev–Trinajstić information content (AvgIpc) is 2.47. The molecule has 0 aliphatic heterocycles. The van der Waals surface area contributed by atoms with E-state index in [4.69, 9.17) is 9.47 Å². The Labute approximate surface area is 134 Å². The first kappa shape index (κ1) is 15.2. The summed E-state index contributed by atoms with van der Waals surface area (Å²) in [6.07, 6.45) is 2.19. The molecular formula is C17H19IO2. The summed E-state index contributed by atoms with van der Waals surface area (Å²) in [6, 6.07) is 14.4. The fourth-order valence-electron chi connectivity index (χ4n) is 2.08. The molecule has 0 amide bonds. The van der Waals surface area contributed by atoms with E-state index in [1.54, 1.807) is 7.11 Å². The molecule has 2 nitrogen and oxygen atoms in total. The number of methoxy groups -OCH3 is 1. The third-order valence-electron chi connectivity index (χ3n) is 3.05. The predicted octanol–water partition coefficient (Wildman–Crippen LogP) is 4.83. The molecule has 0 fully saturated rings. The Morgan fingerprint density at radius 1 is 1.05 bits per heavy atom. The van der Waals surface area contributed by atoms with Crippen LogP contribution in [0.25, 0.3) is 0 Å². The van der Waals surface area contributed by atoms with Gasteiger partial charge in [-0.3, -0.25) is 0 Å². The maximum Gasteiger partial charge on any atom is 0.174 e. The van der Waals surface area contributed by atoms with Crippen LogP contribution in [0.3, 0.4) is 0 Å². The molecule has 0 saturated carbocycles. The minimum Gasteiger partial charge on any atom is -0.493 e. The fraction of sp³-hybridized carbons (Fsp3) is 0.294. The van der Waals surface area contributed by atoms with E-state index in [1.807, 2.05) is 18.2 Å². The van der Waals surface area contributed by atoms with Crippen LogP contribution in [0.2, 0.25) is 0 Å². The number of ether oxygens (including phenoxy) is 2. The quantitative estimate of drug-likeness (QED) is 0.667. The van der Waals surface area contributed by atoms with Crippen LogP contribution >= 0.6 is 22.6 Å². The molecule has 0 aliphatic carbocycles. The van der Waals surface area contributed by atoms with Crippen molar-refractivity contribution in [2.45, 2.75) is 26.4 Å². The van der Waals surface area contributed by atoms with E-state index >= 15 is 0 Å². The molecule has 20 heavy (non-hydrogen) atoms. The minimum absolute atomic E-state index is 0.556. The van der Waals surface area contributed by atoms with Crippen molar-refractivity contribution in [1.82, 2.24) is 0 Å². The van der Waals surface area contributed by atoms with Crippen LogP contribution in [-0.4, -0.2) is 7.11 Å². The first-order valence-corrected chi connectivity index (χ1v) is 7.85. The summed E-state index contributed by atoms with van der Waals surface area (Å²) in [6.45, 7) is 2.74. The van der Waals surface area contributed by atoms with Gasteiger partial charge < -0.3 is 9.47 Å². The Balaban J connectivity index is 2.18. The summed E-state index contributed by atoms with van der Waals surface area (Å²) in [5, 5.41) is 0. The Bertz CT molecular complexity index is 552. The number of rotatable bonds is 6. The molecule has 0 saturated heterocycles. The van der Waals surface area contributed by atoms with E-state index in [0.29, 0.717) is 6.61 Å². The predicted molar refractivity (Wildman–Crippen MR) is 90.5 cm³/mol. The Morgan fingerprint density at radius 3 is 2.45 bits per heavy atom. The van der Waals surface area contributed by atoms with Crippen molar-refractivity contribution in [2.75, 3.05) is 7.11 Å². The van der Waals surface area contributed by atoms with Crippen molar-refractivity contribution in [2.24, 2.45) is 0 Å². The third-order valence-corrected chi connectivity index (χ3v) is 3.86. The second-order valence-corrected chi connectivity index (χ2v) is 5.80. The Kier molecular flexibility index (Phi) is 5.71. The molecule has 2 aromatic rings. The zero-order chi connectivity index (χ0) is 14.4. The molecule has 3 heteroatoms. The van der Waals surface area contributed by atoms with Gasteiger partial charge in [0.25, 0.3) is 0 Å². The van der Waals surface area contributed by atoms with Crippen LogP contribution < -0.4 is 9.47 Å². The second-order valence-electron chi connectivity index (χ2n) is 4.63. The summed E-state index contributed by atoms with van der Waals surface area (Å²) >= 11 is 2.31. The smallest absolute Gasteiger partial charge is 0.174 e. The van der Waals surface area contributed by atoms with Crippen LogP contribution in [-0.2, 0) is 13.0 Å². The lowest BCUT2D eigenvalue weighted by Gasteiger charge is -2.14. The fourth-order valence-corrected chi connectivity index (χ4v) is 2.90. The summed E-state index contributed by atoms with van der Waals surface area (Å²) in [5.41, 5.74) is 2.45. The minimum atomic E-state index is 0.556. The number of aryl methyl sites for hydroxylation is 1. The molecule has 0 aliphatic rings. The first-order valence-electron chi connectivity index (χ1n) is 6.77. The molecular weight excluding hydrogens is 363 g/mol. The normalized spacial score (nSPS) is 10.3. The van der Waals surface area contributed by atoms with E-state index in [1.165, 1.54) is 5.56 Å². The molecule has 0 bridgehead atoms. The molecule has 0 N–H and O–H groups in total. The van der Waals surface area contributed by atoms with Gasteiger partial charge in [-0.05, 0) is 52.3 Å². The van der Waals surface area contributed by atoms with Crippen molar-refractivity contribution >= 4 is 22.6 Å². The van der Waals surface area contributed by atoms with Gasteiger partial charge in [0, 0.05) is 0 Å². The lowest BCUT2D eigenvalue weighted by molar-refractivity contribution is 0.282. The van der Waals surface area contributed by atoms with Crippen LogP contribution in [0.5, 0.6) is 11.5 Å². The van der Waals surface area contributed by atoms with Gasteiger partial charge in [0.05, 0.1) is 10.7 Å². The van der Waals surface area contributed by atoms with Gasteiger partial charge in [-0.2, -0.15) is 0 Å². The molecule has 2 rings (SSSR count). The van der Waals surface area contributed by atoms with Crippen LogP contribution in [0, 0.1) is 3.57 Å². The zero-order valence-electron chi connectivity index (χ0n) is 11.9. The number of hydrogen-bond donors (Lipinski definition) is 0. The van der Waals surface area contributed by atoms with Gasteiger partial charge >= 0.3 is 0 Å². The van der Waals surface area contributed by atoms with Gasteiger partial charge in [0.15, 0.2) is 11.5 Å². The van der Waals surface area contributed by atoms with Crippen LogP contribution in [0.15, 0.2) is 42.5 Å². The van der Waals surface area contributed by atoms with Crippen molar-refractivity contribution in [1.29, 1.82) is 0 Å². The highest BCUT2D eigenvalue weighted by Crippen LogP contribution is 2.34. The zero-order valence-corrected chi connectivity index (χ0v) is 14.0. The van der Waals surface area contributed by atoms with E-state index < -0.39 is 0 Å². The molecule has 0 spiro atoms. The maximum atomic E-state index is 5.95. The molecule has 2 aromatic carbocycles. The molecule has 106 valence electrons. The van der Waals surface area contributed by atoms with E-state index in [2.05, 4.69) is 53.8 Å². The summed E-state index contributed by atoms with van der Waals surface area (Å²) in [7, 11) is 1.69. The molecule has 0 radical (unpaired) electrons. The summed E-state index contributed by atoms with van der Waals surface area (Å²) in [5.74, 6) is 1.65. The second kappa shape index (κ2) is 7.53. The van der Waals surface area contributed by atoms with E-state index in [-0.39, 0.29) is 0 Å². The molecule has 0 atom stereocenters. The van der Waals surface area contributed by atoms with Crippen molar-refractivity contribution in [3.05, 3.63) is 57.2 Å². The largest absolute Gasteiger partial charge is 0.493 e. The standard InChI is InChI=1S/C17H19IO2/c1-3-7-14-10-15(18)17(16(11-14)19-2)20-12-13-8-5-4-6-9-13/h4-6,8-11H,3,7,12H2,1-2H3. The molecule has 0 unspecified atom stereocenters. The number of halogens is 1.